The highest BCUT2D eigenvalue weighted by Crippen LogP contribution is 2.12. The van der Waals surface area contributed by atoms with Crippen LogP contribution in [0.4, 0.5) is 8.78 Å². The minimum absolute atomic E-state index is 0.00168. The molecule has 0 saturated heterocycles. The maximum atomic E-state index is 13.3. The molecule has 0 aliphatic carbocycles. The number of halogens is 2. The van der Waals surface area contributed by atoms with Crippen molar-refractivity contribution in [1.82, 2.24) is 9.78 Å². The van der Waals surface area contributed by atoms with Crippen LogP contribution in [0.3, 0.4) is 0 Å². The molecule has 2 aromatic rings. The van der Waals surface area contributed by atoms with Gasteiger partial charge in [-0.25, -0.2) is 13.6 Å². The molecule has 1 heterocycles. The van der Waals surface area contributed by atoms with Crippen LogP contribution in [0.5, 0.6) is 0 Å². The fourth-order valence-electron chi connectivity index (χ4n) is 1.41. The Kier molecular flexibility index (Phi) is 2.86. The first-order chi connectivity index (χ1) is 8.08. The zero-order chi connectivity index (χ0) is 12.4. The lowest BCUT2D eigenvalue weighted by atomic mass is 10.2. The lowest BCUT2D eigenvalue weighted by molar-refractivity contribution is 0.0697. The summed E-state index contributed by atoms with van der Waals surface area (Å²) in [6.45, 7) is -0.0170. The molecule has 0 amide bonds. The van der Waals surface area contributed by atoms with Crippen molar-refractivity contribution in [1.29, 1.82) is 0 Å². The van der Waals surface area contributed by atoms with Gasteiger partial charge in [-0.3, -0.25) is 4.68 Å². The van der Waals surface area contributed by atoms with E-state index in [1.165, 1.54) is 23.0 Å². The molecule has 1 N–H and O–H groups in total. The average Bonchev–Trinajstić information content (AvgIpc) is 2.73. The van der Waals surface area contributed by atoms with Crippen LogP contribution in [0, 0.1) is 11.6 Å². The van der Waals surface area contributed by atoms with Crippen LogP contribution >= 0.6 is 0 Å². The van der Waals surface area contributed by atoms with Gasteiger partial charge in [0.1, 0.15) is 0 Å². The van der Waals surface area contributed by atoms with Crippen molar-refractivity contribution in [3.05, 3.63) is 53.4 Å². The molecule has 1 aromatic heterocycles. The van der Waals surface area contributed by atoms with Crippen molar-refractivity contribution < 1.29 is 18.7 Å². The van der Waals surface area contributed by atoms with E-state index in [0.717, 1.165) is 12.3 Å². The number of benzene rings is 1. The fourth-order valence-corrected chi connectivity index (χ4v) is 1.41. The molecule has 88 valence electrons. The van der Waals surface area contributed by atoms with Crippen molar-refractivity contribution in [2.45, 2.75) is 6.54 Å². The Bertz CT molecular complexity index is 566. The first kappa shape index (κ1) is 11.3. The maximum absolute atomic E-state index is 13.3. The Morgan fingerprint density at radius 3 is 2.82 bits per heavy atom. The number of carboxylic acid groups (broad SMARTS) is 1. The first-order valence-electron chi connectivity index (χ1n) is 4.76. The molecule has 0 radical (unpaired) electrons. The molecule has 0 bridgehead atoms. The highest BCUT2D eigenvalue weighted by molar-refractivity contribution is 5.86. The van der Waals surface area contributed by atoms with Gasteiger partial charge in [-0.1, -0.05) is 12.1 Å². The topological polar surface area (TPSA) is 55.1 Å². The second-order valence-electron chi connectivity index (χ2n) is 3.44. The second-order valence-corrected chi connectivity index (χ2v) is 3.44. The number of nitrogens with zero attached hydrogens (tertiary/aromatic N) is 2. The van der Waals surface area contributed by atoms with Crippen LogP contribution in [0.15, 0.2) is 30.6 Å². The molecule has 0 unspecified atom stereocenters. The zero-order valence-corrected chi connectivity index (χ0v) is 8.60. The summed E-state index contributed by atoms with van der Waals surface area (Å²) in [6, 6.07) is 3.82. The fraction of sp³-hybridized carbons (Fsp3) is 0.0909. The highest BCUT2D eigenvalue weighted by Gasteiger charge is 2.10. The molecule has 0 fully saturated rings. The number of rotatable bonds is 3. The quantitative estimate of drug-likeness (QED) is 0.888. The Morgan fingerprint density at radius 2 is 2.18 bits per heavy atom. The number of carboxylic acids is 1. The normalized spacial score (nSPS) is 10.5. The van der Waals surface area contributed by atoms with E-state index in [4.69, 9.17) is 5.11 Å². The number of carbonyl (C=O) groups is 1. The maximum Gasteiger partial charge on any atom is 0.338 e. The second kappa shape index (κ2) is 4.32. The van der Waals surface area contributed by atoms with Crippen LogP contribution in [0.1, 0.15) is 15.9 Å². The van der Waals surface area contributed by atoms with Crippen LogP contribution in [-0.4, -0.2) is 20.9 Å². The molecule has 17 heavy (non-hydrogen) atoms. The lowest BCUT2D eigenvalue weighted by Crippen LogP contribution is -2.04. The SMILES string of the molecule is O=C(O)c1cnn(Cc2cccc(F)c2F)c1. The summed E-state index contributed by atoms with van der Waals surface area (Å²) >= 11 is 0. The molecule has 0 spiro atoms. The van der Waals surface area contributed by atoms with Crippen molar-refractivity contribution in [2.75, 3.05) is 0 Å². The van der Waals surface area contributed by atoms with Crippen molar-refractivity contribution in [3.63, 3.8) is 0 Å². The standard InChI is InChI=1S/C11H8F2N2O2/c12-9-3-1-2-7(10(9)13)5-15-6-8(4-14-15)11(16)17/h1-4,6H,5H2,(H,16,17). The van der Waals surface area contributed by atoms with Crippen LogP contribution in [-0.2, 0) is 6.54 Å². The summed E-state index contributed by atoms with van der Waals surface area (Å²) in [5, 5.41) is 12.4. The summed E-state index contributed by atoms with van der Waals surface area (Å²) in [7, 11) is 0. The Morgan fingerprint density at radius 1 is 1.41 bits per heavy atom. The van der Waals surface area contributed by atoms with E-state index in [1.807, 2.05) is 0 Å². The van der Waals surface area contributed by atoms with Gasteiger partial charge in [-0.05, 0) is 6.07 Å². The van der Waals surface area contributed by atoms with Gasteiger partial charge in [-0.2, -0.15) is 5.10 Å². The van der Waals surface area contributed by atoms with Gasteiger partial charge in [0, 0.05) is 11.8 Å². The van der Waals surface area contributed by atoms with E-state index in [2.05, 4.69) is 5.10 Å². The van der Waals surface area contributed by atoms with E-state index in [0.29, 0.717) is 0 Å². The first-order valence-corrected chi connectivity index (χ1v) is 4.76. The molecular weight excluding hydrogens is 230 g/mol. The van der Waals surface area contributed by atoms with Crippen molar-refractivity contribution in [3.8, 4) is 0 Å². The monoisotopic (exact) mass is 238 g/mol. The summed E-state index contributed by atoms with van der Waals surface area (Å²) < 4.78 is 27.5. The van der Waals surface area contributed by atoms with E-state index in [1.54, 1.807) is 0 Å². The number of hydrogen-bond acceptors (Lipinski definition) is 2. The minimum Gasteiger partial charge on any atom is -0.478 e. The molecule has 0 saturated carbocycles. The molecule has 4 nitrogen and oxygen atoms in total. The van der Waals surface area contributed by atoms with Gasteiger partial charge in [0.25, 0.3) is 0 Å². The molecule has 1 aromatic carbocycles. The van der Waals surface area contributed by atoms with Gasteiger partial charge < -0.3 is 5.11 Å². The Balaban J connectivity index is 2.25. The number of aromatic carboxylic acids is 1. The van der Waals surface area contributed by atoms with Crippen LogP contribution in [0.25, 0.3) is 0 Å². The molecule has 0 aliphatic rings. The molecule has 6 heteroatoms. The van der Waals surface area contributed by atoms with Gasteiger partial charge in [-0.15, -0.1) is 0 Å². The summed E-state index contributed by atoms with van der Waals surface area (Å²) in [4.78, 5) is 10.6. The average molecular weight is 238 g/mol. The third-order valence-electron chi connectivity index (χ3n) is 2.24. The van der Waals surface area contributed by atoms with Gasteiger partial charge in [0.05, 0.1) is 18.3 Å². The molecule has 0 aliphatic heterocycles. The molecule has 0 atom stereocenters. The van der Waals surface area contributed by atoms with E-state index in [-0.39, 0.29) is 17.7 Å². The predicted molar refractivity (Wildman–Crippen MR) is 54.6 cm³/mol. The third-order valence-corrected chi connectivity index (χ3v) is 2.24. The molecule has 2 rings (SSSR count). The third kappa shape index (κ3) is 2.30. The summed E-state index contributed by atoms with van der Waals surface area (Å²) in [5.41, 5.74) is 0.117. The summed E-state index contributed by atoms with van der Waals surface area (Å²) in [6.07, 6.45) is 2.41. The number of hydrogen-bond donors (Lipinski definition) is 1. The Labute approximate surface area is 95.1 Å². The van der Waals surface area contributed by atoms with Crippen LogP contribution in [0.2, 0.25) is 0 Å². The van der Waals surface area contributed by atoms with Crippen LogP contribution < -0.4 is 0 Å². The summed E-state index contributed by atoms with van der Waals surface area (Å²) in [5.74, 6) is -3.00. The molecular formula is C11H8F2N2O2. The zero-order valence-electron chi connectivity index (χ0n) is 8.60. The van der Waals surface area contributed by atoms with Crippen molar-refractivity contribution >= 4 is 5.97 Å². The number of aromatic nitrogens is 2. The largest absolute Gasteiger partial charge is 0.478 e. The lowest BCUT2D eigenvalue weighted by Gasteiger charge is -2.03. The van der Waals surface area contributed by atoms with Crippen molar-refractivity contribution in [2.24, 2.45) is 0 Å². The minimum atomic E-state index is -1.11. The predicted octanol–water partition coefficient (Wildman–Crippen LogP) is 1.91. The van der Waals surface area contributed by atoms with Gasteiger partial charge in [0.15, 0.2) is 11.6 Å². The van der Waals surface area contributed by atoms with E-state index < -0.39 is 17.6 Å². The highest BCUT2D eigenvalue weighted by atomic mass is 19.2. The van der Waals surface area contributed by atoms with E-state index in [9.17, 15) is 13.6 Å². The Hall–Kier alpha value is -2.24. The van der Waals surface area contributed by atoms with E-state index >= 15 is 0 Å². The smallest absolute Gasteiger partial charge is 0.338 e. The van der Waals surface area contributed by atoms with Gasteiger partial charge in [0.2, 0.25) is 0 Å². The van der Waals surface area contributed by atoms with Gasteiger partial charge >= 0.3 is 5.97 Å².